The van der Waals surface area contributed by atoms with E-state index in [1.807, 2.05) is 6.07 Å². The molecule has 6 heteroatoms. The maximum atomic E-state index is 13.1. The average molecular weight is 298 g/mol. The van der Waals surface area contributed by atoms with Gasteiger partial charge in [-0.15, -0.1) is 12.4 Å². The minimum absolute atomic E-state index is 0. The van der Waals surface area contributed by atoms with E-state index >= 15 is 0 Å². The van der Waals surface area contributed by atoms with E-state index < -0.39 is 0 Å². The average Bonchev–Trinajstić information content (AvgIpc) is 3.02. The number of hydrogen-bond acceptors (Lipinski definition) is 4. The van der Waals surface area contributed by atoms with E-state index in [1.54, 1.807) is 6.07 Å². The highest BCUT2D eigenvalue weighted by molar-refractivity contribution is 5.85. The molecule has 0 aliphatic carbocycles. The van der Waals surface area contributed by atoms with E-state index in [0.717, 1.165) is 24.9 Å². The zero-order valence-electron chi connectivity index (χ0n) is 11.0. The second kappa shape index (κ2) is 6.81. The first-order chi connectivity index (χ1) is 9.29. The number of hydrogen-bond donors (Lipinski definition) is 1. The lowest BCUT2D eigenvalue weighted by Crippen LogP contribution is -2.23. The summed E-state index contributed by atoms with van der Waals surface area (Å²) in [7, 11) is 0. The highest BCUT2D eigenvalue weighted by Crippen LogP contribution is 2.13. The van der Waals surface area contributed by atoms with Gasteiger partial charge in [-0.05, 0) is 37.1 Å². The Hall–Kier alpha value is -1.46. The fourth-order valence-corrected chi connectivity index (χ4v) is 2.42. The van der Waals surface area contributed by atoms with Crippen LogP contribution in [0.3, 0.4) is 0 Å². The molecule has 108 valence electrons. The zero-order chi connectivity index (χ0) is 13.1. The summed E-state index contributed by atoms with van der Waals surface area (Å²) in [6, 6.07) is 6.92. The van der Waals surface area contributed by atoms with Crippen molar-refractivity contribution in [3.8, 4) is 0 Å². The molecule has 1 unspecified atom stereocenters. The number of benzene rings is 1. The molecule has 3 rings (SSSR count). The third-order valence-electron chi connectivity index (χ3n) is 3.34. The predicted octanol–water partition coefficient (Wildman–Crippen LogP) is 2.52. The fourth-order valence-electron chi connectivity index (χ4n) is 2.42. The normalized spacial score (nSPS) is 17.9. The molecule has 1 aliphatic rings. The van der Waals surface area contributed by atoms with Crippen LogP contribution in [0.1, 0.15) is 30.1 Å². The van der Waals surface area contributed by atoms with Crippen LogP contribution >= 0.6 is 12.4 Å². The molecule has 0 saturated carbocycles. The van der Waals surface area contributed by atoms with Crippen molar-refractivity contribution in [2.45, 2.75) is 31.7 Å². The van der Waals surface area contributed by atoms with Crippen molar-refractivity contribution in [2.24, 2.45) is 0 Å². The van der Waals surface area contributed by atoms with Gasteiger partial charge in [0.1, 0.15) is 5.82 Å². The molecule has 1 N–H and O–H groups in total. The Morgan fingerprint density at radius 1 is 1.40 bits per heavy atom. The smallest absolute Gasteiger partial charge is 0.228 e. The third-order valence-corrected chi connectivity index (χ3v) is 3.34. The number of nitrogens with zero attached hydrogens (tertiary/aromatic N) is 2. The van der Waals surface area contributed by atoms with Crippen molar-refractivity contribution in [1.29, 1.82) is 0 Å². The van der Waals surface area contributed by atoms with Crippen LogP contribution in [0.5, 0.6) is 0 Å². The highest BCUT2D eigenvalue weighted by atomic mass is 35.5. The van der Waals surface area contributed by atoms with Crippen LogP contribution in [-0.2, 0) is 12.8 Å². The molecule has 1 aliphatic heterocycles. The van der Waals surface area contributed by atoms with Gasteiger partial charge < -0.3 is 9.84 Å². The Bertz CT molecular complexity index is 555. The fraction of sp³-hybridized carbons (Fsp3) is 0.429. The molecule has 0 amide bonds. The van der Waals surface area contributed by atoms with Gasteiger partial charge in [0.15, 0.2) is 5.82 Å². The van der Waals surface area contributed by atoms with Crippen LogP contribution in [-0.4, -0.2) is 22.7 Å². The molecule has 0 spiro atoms. The van der Waals surface area contributed by atoms with Crippen molar-refractivity contribution < 1.29 is 8.91 Å². The largest absolute Gasteiger partial charge is 0.339 e. The molecular weight excluding hydrogens is 281 g/mol. The Morgan fingerprint density at radius 2 is 2.30 bits per heavy atom. The van der Waals surface area contributed by atoms with Crippen molar-refractivity contribution in [3.05, 3.63) is 47.4 Å². The number of rotatable bonds is 4. The zero-order valence-corrected chi connectivity index (χ0v) is 11.8. The second-order valence-electron chi connectivity index (χ2n) is 4.91. The first-order valence-electron chi connectivity index (χ1n) is 6.59. The van der Waals surface area contributed by atoms with Crippen molar-refractivity contribution >= 4 is 12.4 Å². The van der Waals surface area contributed by atoms with E-state index in [1.165, 1.54) is 18.6 Å². The van der Waals surface area contributed by atoms with Crippen molar-refractivity contribution in [3.63, 3.8) is 0 Å². The molecular formula is C14H17ClFN3O. The minimum Gasteiger partial charge on any atom is -0.339 e. The summed E-state index contributed by atoms with van der Waals surface area (Å²) in [5, 5.41) is 7.34. The second-order valence-corrected chi connectivity index (χ2v) is 4.91. The van der Waals surface area contributed by atoms with Gasteiger partial charge in [-0.3, -0.25) is 0 Å². The lowest BCUT2D eigenvalue weighted by atomic mass is 10.1. The molecule has 0 radical (unpaired) electrons. The molecule has 1 aromatic carbocycles. The molecule has 0 bridgehead atoms. The summed E-state index contributed by atoms with van der Waals surface area (Å²) >= 11 is 0. The Labute approximate surface area is 123 Å². The summed E-state index contributed by atoms with van der Waals surface area (Å²) in [4.78, 5) is 4.36. The number of aromatic nitrogens is 2. The summed E-state index contributed by atoms with van der Waals surface area (Å²) in [6.45, 7) is 1.06. The standard InChI is InChI=1S/C14H16FN3O.ClH/c15-11-4-1-3-10(7-11)8-13-17-14(19-18-13)9-12-5-2-6-16-12;/h1,3-4,7,12,16H,2,5-6,8-9H2;1H. The molecule has 2 heterocycles. The first-order valence-corrected chi connectivity index (χ1v) is 6.59. The van der Waals surface area contributed by atoms with Crippen LogP contribution in [0.25, 0.3) is 0 Å². The molecule has 1 atom stereocenters. The quantitative estimate of drug-likeness (QED) is 0.942. The lowest BCUT2D eigenvalue weighted by Gasteiger charge is -2.04. The molecule has 1 saturated heterocycles. The van der Waals surface area contributed by atoms with Gasteiger partial charge in [-0.1, -0.05) is 17.3 Å². The van der Waals surface area contributed by atoms with Gasteiger partial charge in [-0.2, -0.15) is 4.98 Å². The first kappa shape index (κ1) is 14.9. The van der Waals surface area contributed by atoms with Gasteiger partial charge in [-0.25, -0.2) is 4.39 Å². The van der Waals surface area contributed by atoms with Crippen molar-refractivity contribution in [2.75, 3.05) is 6.54 Å². The van der Waals surface area contributed by atoms with E-state index in [4.69, 9.17) is 4.52 Å². The van der Waals surface area contributed by atoms with E-state index in [2.05, 4.69) is 15.5 Å². The SMILES string of the molecule is Cl.Fc1cccc(Cc2noc(CC3CCCN3)n2)c1. The Balaban J connectivity index is 0.00000147. The van der Waals surface area contributed by atoms with E-state index in [-0.39, 0.29) is 18.2 Å². The maximum Gasteiger partial charge on any atom is 0.228 e. The van der Waals surface area contributed by atoms with Gasteiger partial charge in [0.2, 0.25) is 5.89 Å². The Morgan fingerprint density at radius 3 is 3.05 bits per heavy atom. The monoisotopic (exact) mass is 297 g/mol. The van der Waals surface area contributed by atoms with Crippen LogP contribution in [0, 0.1) is 5.82 Å². The Kier molecular flexibility index (Phi) is 5.09. The molecule has 20 heavy (non-hydrogen) atoms. The van der Waals surface area contributed by atoms with E-state index in [0.29, 0.717) is 24.2 Å². The highest BCUT2D eigenvalue weighted by Gasteiger charge is 2.18. The summed E-state index contributed by atoms with van der Waals surface area (Å²) < 4.78 is 18.3. The minimum atomic E-state index is -0.239. The lowest BCUT2D eigenvalue weighted by molar-refractivity contribution is 0.360. The van der Waals surface area contributed by atoms with E-state index in [9.17, 15) is 4.39 Å². The molecule has 2 aromatic rings. The predicted molar refractivity (Wildman–Crippen MR) is 75.5 cm³/mol. The van der Waals surface area contributed by atoms with Crippen LogP contribution < -0.4 is 5.32 Å². The maximum absolute atomic E-state index is 13.1. The van der Waals surface area contributed by atoms with Crippen LogP contribution in [0.15, 0.2) is 28.8 Å². The number of halogens is 2. The summed E-state index contributed by atoms with van der Waals surface area (Å²) in [5.74, 6) is 1.03. The van der Waals surface area contributed by atoms with Gasteiger partial charge >= 0.3 is 0 Å². The van der Waals surface area contributed by atoms with Crippen LogP contribution in [0.4, 0.5) is 4.39 Å². The summed E-state index contributed by atoms with van der Waals surface area (Å²) in [6.07, 6.45) is 3.63. The van der Waals surface area contributed by atoms with Gasteiger partial charge in [0.05, 0.1) is 0 Å². The van der Waals surface area contributed by atoms with Gasteiger partial charge in [0, 0.05) is 18.9 Å². The third kappa shape index (κ3) is 3.77. The van der Waals surface area contributed by atoms with Crippen molar-refractivity contribution in [1.82, 2.24) is 15.5 Å². The topological polar surface area (TPSA) is 51.0 Å². The molecule has 4 nitrogen and oxygen atoms in total. The van der Waals surface area contributed by atoms with Gasteiger partial charge in [0.25, 0.3) is 0 Å². The van der Waals surface area contributed by atoms with Crippen LogP contribution in [0.2, 0.25) is 0 Å². The molecule has 1 aromatic heterocycles. The molecule has 1 fully saturated rings. The number of nitrogens with one attached hydrogen (secondary N) is 1. The summed E-state index contributed by atoms with van der Waals surface area (Å²) in [5.41, 5.74) is 0.853.